The summed E-state index contributed by atoms with van der Waals surface area (Å²) in [6.07, 6.45) is 1.32. The molecule has 1 amide bonds. The number of aryl methyl sites for hydroxylation is 2. The Balaban J connectivity index is 0.00000280. The summed E-state index contributed by atoms with van der Waals surface area (Å²) in [4.78, 5) is 21.9. The number of halogens is 1. The van der Waals surface area contributed by atoms with Gasteiger partial charge in [-0.05, 0) is 63.7 Å². The van der Waals surface area contributed by atoms with E-state index in [2.05, 4.69) is 45.0 Å². The Kier molecular flexibility index (Phi) is 7.98. The second-order valence-corrected chi connectivity index (χ2v) is 8.30. The van der Waals surface area contributed by atoms with Crippen LogP contribution >= 0.6 is 23.7 Å². The van der Waals surface area contributed by atoms with Crippen LogP contribution in [0.25, 0.3) is 10.2 Å². The number of aromatic nitrogens is 1. The Hall–Kier alpha value is -1.95. The lowest BCUT2D eigenvalue weighted by Crippen LogP contribution is -2.34. The molecule has 0 atom stereocenters. The molecule has 0 radical (unpaired) electrons. The molecular weight excluding hydrogens is 390 g/mol. The third-order valence-corrected chi connectivity index (χ3v) is 5.56. The van der Waals surface area contributed by atoms with Crippen LogP contribution in [-0.4, -0.2) is 43.0 Å². The molecular formula is C22H28ClN3OS. The summed E-state index contributed by atoms with van der Waals surface area (Å²) in [7, 11) is 4.11. The molecule has 150 valence electrons. The maximum Gasteiger partial charge on any atom is 0.233 e. The van der Waals surface area contributed by atoms with E-state index in [9.17, 15) is 4.79 Å². The Morgan fingerprint density at radius 2 is 1.79 bits per heavy atom. The number of hydrogen-bond acceptors (Lipinski definition) is 4. The third kappa shape index (κ3) is 5.53. The number of carbonyl (C=O) groups excluding carboxylic acids is 1. The first kappa shape index (κ1) is 22.3. The molecule has 1 aromatic heterocycles. The minimum Gasteiger partial charge on any atom is -0.309 e. The summed E-state index contributed by atoms with van der Waals surface area (Å²) in [6, 6.07) is 14.2. The Morgan fingerprint density at radius 3 is 2.46 bits per heavy atom. The largest absolute Gasteiger partial charge is 0.309 e. The SMILES string of the molecule is Cc1cc(C)c2nc(N(CCCN(C)C)C(=O)Cc3ccccc3)sc2c1.Cl. The molecule has 0 spiro atoms. The van der Waals surface area contributed by atoms with Crippen LogP contribution in [0.1, 0.15) is 23.1 Å². The molecule has 0 unspecified atom stereocenters. The van der Waals surface area contributed by atoms with Crippen molar-refractivity contribution in [2.45, 2.75) is 26.7 Å². The van der Waals surface area contributed by atoms with Gasteiger partial charge in [-0.15, -0.1) is 12.4 Å². The summed E-state index contributed by atoms with van der Waals surface area (Å²) in [6.45, 7) is 5.81. The highest BCUT2D eigenvalue weighted by molar-refractivity contribution is 7.22. The molecule has 0 fully saturated rings. The van der Waals surface area contributed by atoms with Crippen molar-refractivity contribution < 1.29 is 4.79 Å². The molecule has 2 aromatic carbocycles. The van der Waals surface area contributed by atoms with Crippen LogP contribution in [0, 0.1) is 13.8 Å². The molecule has 0 aliphatic carbocycles. The van der Waals surface area contributed by atoms with Gasteiger partial charge in [0.25, 0.3) is 0 Å². The molecule has 0 saturated carbocycles. The topological polar surface area (TPSA) is 36.4 Å². The molecule has 4 nitrogen and oxygen atoms in total. The van der Waals surface area contributed by atoms with Crippen molar-refractivity contribution in [3.63, 3.8) is 0 Å². The summed E-state index contributed by atoms with van der Waals surface area (Å²) < 4.78 is 1.15. The first-order chi connectivity index (χ1) is 12.9. The standard InChI is InChI=1S/C22H27N3OS.ClH/c1-16-13-17(2)21-19(14-16)27-22(23-21)25(12-8-11-24(3)4)20(26)15-18-9-6-5-7-10-18;/h5-7,9-10,13-14H,8,11-12,15H2,1-4H3;1H. The second kappa shape index (κ2) is 10.0. The number of rotatable bonds is 7. The highest BCUT2D eigenvalue weighted by Gasteiger charge is 2.20. The fourth-order valence-electron chi connectivity index (χ4n) is 3.21. The van der Waals surface area contributed by atoms with Crippen molar-refractivity contribution >= 4 is 45.0 Å². The van der Waals surface area contributed by atoms with Gasteiger partial charge in [0.15, 0.2) is 5.13 Å². The van der Waals surface area contributed by atoms with E-state index in [-0.39, 0.29) is 18.3 Å². The Bertz CT molecular complexity index is 924. The lowest BCUT2D eigenvalue weighted by molar-refractivity contribution is -0.118. The van der Waals surface area contributed by atoms with E-state index in [1.807, 2.05) is 35.2 Å². The van der Waals surface area contributed by atoms with Crippen molar-refractivity contribution in [3.8, 4) is 0 Å². The first-order valence-electron chi connectivity index (χ1n) is 9.31. The molecule has 3 rings (SSSR count). The zero-order valence-corrected chi connectivity index (χ0v) is 18.6. The first-order valence-corrected chi connectivity index (χ1v) is 10.1. The summed E-state index contributed by atoms with van der Waals surface area (Å²) >= 11 is 1.61. The van der Waals surface area contributed by atoms with Gasteiger partial charge in [0, 0.05) is 6.54 Å². The van der Waals surface area contributed by atoms with E-state index in [0.717, 1.165) is 39.4 Å². The van der Waals surface area contributed by atoms with Gasteiger partial charge in [-0.2, -0.15) is 0 Å². The van der Waals surface area contributed by atoms with Crippen LogP contribution in [0.15, 0.2) is 42.5 Å². The zero-order chi connectivity index (χ0) is 19.4. The summed E-state index contributed by atoms with van der Waals surface area (Å²) in [5, 5.41) is 0.804. The number of anilines is 1. The van der Waals surface area contributed by atoms with E-state index in [4.69, 9.17) is 4.98 Å². The van der Waals surface area contributed by atoms with E-state index in [1.165, 1.54) is 5.56 Å². The van der Waals surface area contributed by atoms with Crippen molar-refractivity contribution in [1.29, 1.82) is 0 Å². The van der Waals surface area contributed by atoms with Gasteiger partial charge >= 0.3 is 0 Å². The number of nitrogens with zero attached hydrogens (tertiary/aromatic N) is 3. The minimum atomic E-state index is 0. The maximum atomic E-state index is 13.1. The van der Waals surface area contributed by atoms with E-state index in [1.54, 1.807) is 11.3 Å². The normalized spacial score (nSPS) is 10.9. The Morgan fingerprint density at radius 1 is 1.07 bits per heavy atom. The van der Waals surface area contributed by atoms with Crippen molar-refractivity contribution in [3.05, 3.63) is 59.2 Å². The van der Waals surface area contributed by atoms with Crippen molar-refractivity contribution in [2.24, 2.45) is 0 Å². The maximum absolute atomic E-state index is 13.1. The second-order valence-electron chi connectivity index (χ2n) is 7.29. The predicted molar refractivity (Wildman–Crippen MR) is 122 cm³/mol. The van der Waals surface area contributed by atoms with Crippen LogP contribution in [0.5, 0.6) is 0 Å². The molecule has 28 heavy (non-hydrogen) atoms. The average Bonchev–Trinajstić information content (AvgIpc) is 3.03. The van der Waals surface area contributed by atoms with Crippen LogP contribution in [0.4, 0.5) is 5.13 Å². The summed E-state index contributed by atoms with van der Waals surface area (Å²) in [5.74, 6) is 0.105. The molecule has 0 bridgehead atoms. The van der Waals surface area contributed by atoms with Gasteiger partial charge in [0.05, 0.1) is 16.6 Å². The molecule has 0 aliphatic rings. The smallest absolute Gasteiger partial charge is 0.233 e. The predicted octanol–water partition coefficient (Wildman–Crippen LogP) is 4.86. The summed E-state index contributed by atoms with van der Waals surface area (Å²) in [5.41, 5.74) is 4.43. The molecule has 6 heteroatoms. The van der Waals surface area contributed by atoms with E-state index >= 15 is 0 Å². The number of fused-ring (bicyclic) bond motifs is 1. The highest BCUT2D eigenvalue weighted by Crippen LogP contribution is 2.32. The molecule has 1 heterocycles. The zero-order valence-electron chi connectivity index (χ0n) is 16.9. The highest BCUT2D eigenvalue weighted by atomic mass is 35.5. The van der Waals surface area contributed by atoms with Gasteiger partial charge in [0.2, 0.25) is 5.91 Å². The van der Waals surface area contributed by atoms with Crippen LogP contribution in [0.2, 0.25) is 0 Å². The van der Waals surface area contributed by atoms with Gasteiger partial charge < -0.3 is 4.90 Å². The third-order valence-electron chi connectivity index (χ3n) is 4.54. The number of thiazole rings is 1. The molecule has 3 aromatic rings. The van der Waals surface area contributed by atoms with Gasteiger partial charge in [-0.25, -0.2) is 4.98 Å². The fourth-order valence-corrected chi connectivity index (χ4v) is 4.40. The van der Waals surface area contributed by atoms with Crippen molar-refractivity contribution in [1.82, 2.24) is 9.88 Å². The number of carbonyl (C=O) groups is 1. The van der Waals surface area contributed by atoms with Gasteiger partial charge in [0.1, 0.15) is 0 Å². The quantitative estimate of drug-likeness (QED) is 0.550. The van der Waals surface area contributed by atoms with Gasteiger partial charge in [-0.1, -0.05) is 47.7 Å². The fraction of sp³-hybridized carbons (Fsp3) is 0.364. The molecule has 0 aliphatic heterocycles. The monoisotopic (exact) mass is 417 g/mol. The van der Waals surface area contributed by atoms with Crippen molar-refractivity contribution in [2.75, 3.05) is 32.1 Å². The van der Waals surface area contributed by atoms with E-state index in [0.29, 0.717) is 13.0 Å². The van der Waals surface area contributed by atoms with Gasteiger partial charge in [-0.3, -0.25) is 9.69 Å². The van der Waals surface area contributed by atoms with E-state index < -0.39 is 0 Å². The lowest BCUT2D eigenvalue weighted by Gasteiger charge is -2.21. The molecule has 0 saturated heterocycles. The average molecular weight is 418 g/mol. The van der Waals surface area contributed by atoms with Crippen LogP contribution in [-0.2, 0) is 11.2 Å². The lowest BCUT2D eigenvalue weighted by atomic mass is 10.1. The van der Waals surface area contributed by atoms with Crippen LogP contribution in [0.3, 0.4) is 0 Å². The number of hydrogen-bond donors (Lipinski definition) is 0. The molecule has 0 N–H and O–H groups in total. The minimum absolute atomic E-state index is 0. The number of amides is 1. The number of benzene rings is 2. The van der Waals surface area contributed by atoms with Crippen LogP contribution < -0.4 is 4.90 Å². The Labute approximate surface area is 177 Å².